The minimum atomic E-state index is -1.15. The summed E-state index contributed by atoms with van der Waals surface area (Å²) in [6.07, 6.45) is 0. The highest BCUT2D eigenvalue weighted by atomic mass is 35.5. The maximum Gasteiger partial charge on any atom is 0.322 e. The van der Waals surface area contributed by atoms with Gasteiger partial charge in [0.2, 0.25) is 0 Å². The smallest absolute Gasteiger partial charge is 0.322 e. The van der Waals surface area contributed by atoms with Crippen molar-refractivity contribution in [2.75, 3.05) is 6.54 Å². The number of thiophene rings is 1. The third-order valence-corrected chi connectivity index (χ3v) is 3.85. The highest BCUT2D eigenvalue weighted by Crippen LogP contribution is 2.35. The number of hydrogen-bond donors (Lipinski definition) is 2. The summed E-state index contributed by atoms with van der Waals surface area (Å²) < 4.78 is 13.6. The van der Waals surface area contributed by atoms with Crippen LogP contribution in [0, 0.1) is 5.82 Å². The number of rotatable bonds is 3. The van der Waals surface area contributed by atoms with E-state index in [4.69, 9.17) is 16.7 Å². The fraction of sp³-hybridized carbons (Fsp3) is 0.0909. The lowest BCUT2D eigenvalue weighted by molar-refractivity contribution is -0.135. The SMILES string of the molecule is O=C(O)CNC(=O)c1sc2cc(F)ccc2c1Cl. The molecule has 4 nitrogen and oxygen atoms in total. The quantitative estimate of drug-likeness (QED) is 0.911. The van der Waals surface area contributed by atoms with E-state index in [0.717, 1.165) is 11.3 Å². The predicted octanol–water partition coefficient (Wildman–Crippen LogP) is 2.51. The molecule has 7 heteroatoms. The number of amides is 1. The van der Waals surface area contributed by atoms with Crippen molar-refractivity contribution in [1.29, 1.82) is 0 Å². The summed E-state index contributed by atoms with van der Waals surface area (Å²) in [5, 5.41) is 11.4. The van der Waals surface area contributed by atoms with Crippen LogP contribution < -0.4 is 5.32 Å². The molecule has 0 aliphatic carbocycles. The Balaban J connectivity index is 2.36. The van der Waals surface area contributed by atoms with Crippen LogP contribution >= 0.6 is 22.9 Å². The molecule has 1 aromatic carbocycles. The lowest BCUT2D eigenvalue weighted by Gasteiger charge is -1.99. The number of halogens is 2. The first kappa shape index (κ1) is 12.8. The van der Waals surface area contributed by atoms with E-state index in [0.29, 0.717) is 10.1 Å². The second-order valence-corrected chi connectivity index (χ2v) is 4.89. The summed E-state index contributed by atoms with van der Waals surface area (Å²) in [5.74, 6) is -2.14. The van der Waals surface area contributed by atoms with Crippen molar-refractivity contribution in [3.8, 4) is 0 Å². The van der Waals surface area contributed by atoms with Crippen molar-refractivity contribution < 1.29 is 19.1 Å². The number of carboxylic acids is 1. The molecule has 0 aliphatic rings. The molecule has 0 spiro atoms. The van der Waals surface area contributed by atoms with Gasteiger partial charge in [0.15, 0.2) is 0 Å². The van der Waals surface area contributed by atoms with Gasteiger partial charge in [-0.2, -0.15) is 0 Å². The van der Waals surface area contributed by atoms with Crippen molar-refractivity contribution in [2.24, 2.45) is 0 Å². The average Bonchev–Trinajstić information content (AvgIpc) is 2.63. The van der Waals surface area contributed by atoms with Crippen LogP contribution in [0.15, 0.2) is 18.2 Å². The fourth-order valence-electron chi connectivity index (χ4n) is 1.42. The third kappa shape index (κ3) is 2.44. The van der Waals surface area contributed by atoms with Gasteiger partial charge in [0.1, 0.15) is 17.2 Å². The van der Waals surface area contributed by atoms with Crippen LogP contribution in [-0.4, -0.2) is 23.5 Å². The van der Waals surface area contributed by atoms with Crippen molar-refractivity contribution in [3.63, 3.8) is 0 Å². The first-order valence-electron chi connectivity index (χ1n) is 4.86. The molecule has 0 aliphatic heterocycles. The van der Waals surface area contributed by atoms with Gasteiger partial charge in [-0.1, -0.05) is 11.6 Å². The largest absolute Gasteiger partial charge is 0.480 e. The third-order valence-electron chi connectivity index (χ3n) is 2.20. The summed E-state index contributed by atoms with van der Waals surface area (Å²) in [4.78, 5) is 22.2. The number of carbonyl (C=O) groups excluding carboxylic acids is 1. The Morgan fingerprint density at radius 2 is 2.17 bits per heavy atom. The second kappa shape index (κ2) is 4.91. The van der Waals surface area contributed by atoms with Gasteiger partial charge in [-0.3, -0.25) is 9.59 Å². The normalized spacial score (nSPS) is 10.6. The van der Waals surface area contributed by atoms with E-state index >= 15 is 0 Å². The first-order chi connectivity index (χ1) is 8.49. The van der Waals surface area contributed by atoms with Gasteiger partial charge < -0.3 is 10.4 Å². The van der Waals surface area contributed by atoms with Crippen molar-refractivity contribution >= 4 is 44.9 Å². The number of carbonyl (C=O) groups is 2. The lowest BCUT2D eigenvalue weighted by Crippen LogP contribution is -2.28. The number of benzene rings is 1. The molecule has 2 aromatic rings. The summed E-state index contributed by atoms with van der Waals surface area (Å²) in [6.45, 7) is -0.488. The minimum absolute atomic E-state index is 0.179. The van der Waals surface area contributed by atoms with Crippen LogP contribution in [0.5, 0.6) is 0 Å². The molecule has 1 amide bonds. The van der Waals surface area contributed by atoms with Crippen LogP contribution in [-0.2, 0) is 4.79 Å². The van der Waals surface area contributed by atoms with Gasteiger partial charge in [-0.05, 0) is 18.2 Å². The van der Waals surface area contributed by atoms with E-state index in [2.05, 4.69) is 5.32 Å². The molecule has 0 bridgehead atoms. The molecular formula is C11H7ClFNO3S. The highest BCUT2D eigenvalue weighted by molar-refractivity contribution is 7.21. The molecule has 2 rings (SSSR count). The molecule has 0 radical (unpaired) electrons. The Hall–Kier alpha value is -1.66. The zero-order valence-corrected chi connectivity index (χ0v) is 10.4. The first-order valence-corrected chi connectivity index (χ1v) is 6.06. The molecule has 18 heavy (non-hydrogen) atoms. The van der Waals surface area contributed by atoms with Crippen molar-refractivity contribution in [1.82, 2.24) is 5.32 Å². The maximum atomic E-state index is 13.0. The van der Waals surface area contributed by atoms with Crippen LogP contribution in [0.25, 0.3) is 10.1 Å². The number of aliphatic carboxylic acids is 1. The van der Waals surface area contributed by atoms with Crippen LogP contribution in [0.3, 0.4) is 0 Å². The Morgan fingerprint density at radius 3 is 2.83 bits per heavy atom. The summed E-state index contributed by atoms with van der Waals surface area (Å²) in [6, 6.07) is 4.01. The number of hydrogen-bond acceptors (Lipinski definition) is 3. The van der Waals surface area contributed by atoms with E-state index in [1.807, 2.05) is 0 Å². The van der Waals surface area contributed by atoms with Crippen molar-refractivity contribution in [3.05, 3.63) is 33.9 Å². The van der Waals surface area contributed by atoms with E-state index in [-0.39, 0.29) is 9.90 Å². The van der Waals surface area contributed by atoms with Gasteiger partial charge in [-0.15, -0.1) is 11.3 Å². The van der Waals surface area contributed by atoms with Gasteiger partial charge in [-0.25, -0.2) is 4.39 Å². The standard InChI is InChI=1S/C11H7ClFNO3S/c12-9-6-2-1-5(13)3-7(6)18-10(9)11(17)14-4-8(15)16/h1-3H,4H2,(H,14,17)(H,15,16). The van der Waals surface area contributed by atoms with E-state index in [9.17, 15) is 14.0 Å². The molecule has 0 atom stereocenters. The molecule has 94 valence electrons. The van der Waals surface area contributed by atoms with Gasteiger partial charge in [0.05, 0.1) is 5.02 Å². The van der Waals surface area contributed by atoms with E-state index in [1.165, 1.54) is 18.2 Å². The van der Waals surface area contributed by atoms with Gasteiger partial charge in [0, 0.05) is 10.1 Å². The predicted molar refractivity (Wildman–Crippen MR) is 66.8 cm³/mol. The average molecular weight is 288 g/mol. The molecule has 0 saturated carbocycles. The Labute approximate surface area is 110 Å². The van der Waals surface area contributed by atoms with Crippen molar-refractivity contribution in [2.45, 2.75) is 0 Å². The van der Waals surface area contributed by atoms with Crippen LogP contribution in [0.2, 0.25) is 5.02 Å². The van der Waals surface area contributed by atoms with E-state index in [1.54, 1.807) is 0 Å². The molecule has 0 unspecified atom stereocenters. The number of carboxylic acid groups (broad SMARTS) is 1. The minimum Gasteiger partial charge on any atom is -0.480 e. The van der Waals surface area contributed by atoms with Crippen LogP contribution in [0.1, 0.15) is 9.67 Å². The summed E-state index contributed by atoms with van der Waals surface area (Å²) in [7, 11) is 0. The second-order valence-electron chi connectivity index (χ2n) is 3.46. The molecule has 0 saturated heterocycles. The summed E-state index contributed by atoms with van der Waals surface area (Å²) in [5.41, 5.74) is 0. The fourth-order valence-corrected chi connectivity index (χ4v) is 2.88. The van der Waals surface area contributed by atoms with Crippen LogP contribution in [0.4, 0.5) is 4.39 Å². The zero-order valence-electron chi connectivity index (χ0n) is 8.87. The lowest BCUT2D eigenvalue weighted by atomic mass is 10.2. The number of nitrogens with one attached hydrogen (secondary N) is 1. The maximum absolute atomic E-state index is 13.0. The van der Waals surface area contributed by atoms with E-state index < -0.39 is 24.2 Å². The molecule has 0 fully saturated rings. The number of fused-ring (bicyclic) bond motifs is 1. The molecule has 2 N–H and O–H groups in total. The van der Waals surface area contributed by atoms with Gasteiger partial charge >= 0.3 is 5.97 Å². The Morgan fingerprint density at radius 1 is 1.44 bits per heavy atom. The Kier molecular flexibility index (Phi) is 3.49. The molecule has 1 aromatic heterocycles. The highest BCUT2D eigenvalue weighted by Gasteiger charge is 2.17. The summed E-state index contributed by atoms with van der Waals surface area (Å²) >= 11 is 7.02. The topological polar surface area (TPSA) is 66.4 Å². The van der Waals surface area contributed by atoms with Gasteiger partial charge in [0.25, 0.3) is 5.91 Å². The molecular weight excluding hydrogens is 281 g/mol. The monoisotopic (exact) mass is 287 g/mol. The molecule has 1 heterocycles. The zero-order chi connectivity index (χ0) is 13.3. The Bertz CT molecular complexity index is 640.